The van der Waals surface area contributed by atoms with Gasteiger partial charge in [0.15, 0.2) is 0 Å². The van der Waals surface area contributed by atoms with E-state index in [1.54, 1.807) is 0 Å². The first-order valence-electron chi connectivity index (χ1n) is 9.17. The molecule has 1 unspecified atom stereocenters. The quantitative estimate of drug-likeness (QED) is 0.750. The summed E-state index contributed by atoms with van der Waals surface area (Å²) in [7, 11) is 0. The normalized spacial score (nSPS) is 15.1. The molecule has 1 aliphatic carbocycles. The number of para-hydroxylation sites is 1. The molecule has 3 aromatic rings. The van der Waals surface area contributed by atoms with E-state index in [1.165, 1.54) is 42.4 Å². The Hall–Kier alpha value is -2.39. The highest BCUT2D eigenvalue weighted by atomic mass is 16.1. The molecule has 1 aliphatic rings. The number of fused-ring (bicyclic) bond motifs is 2. The number of aromatic amines is 1. The smallest absolute Gasteiger partial charge is 0.252 e. The lowest BCUT2D eigenvalue weighted by molar-refractivity contribution is 0.570. The minimum absolute atomic E-state index is 0.0103. The number of H-pyrrole nitrogens is 1. The van der Waals surface area contributed by atoms with Crippen molar-refractivity contribution < 1.29 is 0 Å². The van der Waals surface area contributed by atoms with Crippen LogP contribution in [-0.2, 0) is 19.4 Å². The van der Waals surface area contributed by atoms with Crippen molar-refractivity contribution in [3.8, 4) is 0 Å². The summed E-state index contributed by atoms with van der Waals surface area (Å²) >= 11 is 0. The number of aryl methyl sites for hydroxylation is 2. The Bertz CT molecular complexity index is 958. The summed E-state index contributed by atoms with van der Waals surface area (Å²) in [5, 5.41) is 4.58. The minimum atomic E-state index is -0.0103. The van der Waals surface area contributed by atoms with Crippen molar-refractivity contribution in [2.24, 2.45) is 0 Å². The molecule has 2 aromatic carbocycles. The van der Waals surface area contributed by atoms with Crippen LogP contribution < -0.4 is 10.9 Å². The van der Waals surface area contributed by atoms with Gasteiger partial charge in [-0.2, -0.15) is 0 Å². The fourth-order valence-corrected chi connectivity index (χ4v) is 3.73. The van der Waals surface area contributed by atoms with Crippen LogP contribution in [0, 0.1) is 0 Å². The Morgan fingerprint density at radius 1 is 1.04 bits per heavy atom. The number of hydrogen-bond donors (Lipinski definition) is 2. The van der Waals surface area contributed by atoms with E-state index in [1.807, 2.05) is 30.3 Å². The third kappa shape index (κ3) is 3.38. The molecular weight excluding hydrogens is 308 g/mol. The SMILES string of the molecule is CC(NCc1cc2ccccc2[nH]c1=O)c1ccc2c(c1)CCCC2. The van der Waals surface area contributed by atoms with Crippen LogP contribution in [0.4, 0.5) is 0 Å². The van der Waals surface area contributed by atoms with Crippen molar-refractivity contribution in [1.29, 1.82) is 0 Å². The Morgan fingerprint density at radius 2 is 1.84 bits per heavy atom. The molecule has 1 heterocycles. The van der Waals surface area contributed by atoms with Gasteiger partial charge < -0.3 is 10.3 Å². The molecule has 1 aromatic heterocycles. The number of benzene rings is 2. The zero-order chi connectivity index (χ0) is 17.2. The van der Waals surface area contributed by atoms with E-state index in [0.717, 1.165) is 16.5 Å². The van der Waals surface area contributed by atoms with Crippen LogP contribution in [0.25, 0.3) is 10.9 Å². The first-order chi connectivity index (χ1) is 12.2. The molecule has 0 fully saturated rings. The van der Waals surface area contributed by atoms with Gasteiger partial charge in [-0.3, -0.25) is 4.79 Å². The molecule has 128 valence electrons. The molecule has 2 N–H and O–H groups in total. The van der Waals surface area contributed by atoms with Gasteiger partial charge in [-0.15, -0.1) is 0 Å². The summed E-state index contributed by atoms with van der Waals surface area (Å²) in [5.41, 5.74) is 5.97. The lowest BCUT2D eigenvalue weighted by Gasteiger charge is -2.20. The third-order valence-corrected chi connectivity index (χ3v) is 5.30. The van der Waals surface area contributed by atoms with Crippen LogP contribution in [0.2, 0.25) is 0 Å². The van der Waals surface area contributed by atoms with Crippen molar-refractivity contribution in [2.75, 3.05) is 0 Å². The number of hydrogen-bond acceptors (Lipinski definition) is 2. The molecule has 3 heteroatoms. The second-order valence-corrected chi connectivity index (χ2v) is 7.05. The monoisotopic (exact) mass is 332 g/mol. The Labute approximate surface area is 148 Å². The maximum absolute atomic E-state index is 12.3. The molecule has 4 rings (SSSR count). The van der Waals surface area contributed by atoms with E-state index in [-0.39, 0.29) is 11.6 Å². The predicted octanol–water partition coefficient (Wildman–Crippen LogP) is 4.26. The van der Waals surface area contributed by atoms with Gasteiger partial charge in [0.25, 0.3) is 5.56 Å². The second-order valence-electron chi connectivity index (χ2n) is 7.05. The van der Waals surface area contributed by atoms with Crippen molar-refractivity contribution in [3.63, 3.8) is 0 Å². The Morgan fingerprint density at radius 3 is 2.72 bits per heavy atom. The number of pyridine rings is 1. The number of aromatic nitrogens is 1. The first kappa shape index (κ1) is 16.1. The number of nitrogens with one attached hydrogen (secondary N) is 2. The molecule has 0 aliphatic heterocycles. The molecule has 0 saturated carbocycles. The van der Waals surface area contributed by atoms with E-state index in [2.05, 4.69) is 35.4 Å². The van der Waals surface area contributed by atoms with Gasteiger partial charge in [0.2, 0.25) is 0 Å². The molecule has 0 bridgehead atoms. The van der Waals surface area contributed by atoms with Crippen molar-refractivity contribution >= 4 is 10.9 Å². The van der Waals surface area contributed by atoms with Crippen molar-refractivity contribution in [3.05, 3.63) is 81.1 Å². The van der Waals surface area contributed by atoms with Gasteiger partial charge in [0.1, 0.15) is 0 Å². The molecule has 25 heavy (non-hydrogen) atoms. The topological polar surface area (TPSA) is 44.9 Å². The Kier molecular flexibility index (Phi) is 4.41. The largest absolute Gasteiger partial charge is 0.322 e. The summed E-state index contributed by atoms with van der Waals surface area (Å²) in [5.74, 6) is 0. The fourth-order valence-electron chi connectivity index (χ4n) is 3.73. The molecule has 0 radical (unpaired) electrons. The predicted molar refractivity (Wildman–Crippen MR) is 103 cm³/mol. The van der Waals surface area contributed by atoms with Gasteiger partial charge in [-0.05, 0) is 66.8 Å². The van der Waals surface area contributed by atoms with Gasteiger partial charge in [-0.1, -0.05) is 36.4 Å². The van der Waals surface area contributed by atoms with Crippen LogP contribution in [0.5, 0.6) is 0 Å². The van der Waals surface area contributed by atoms with Crippen LogP contribution >= 0.6 is 0 Å². The zero-order valence-corrected chi connectivity index (χ0v) is 14.6. The molecule has 3 nitrogen and oxygen atoms in total. The molecule has 0 amide bonds. The third-order valence-electron chi connectivity index (χ3n) is 5.30. The molecule has 1 atom stereocenters. The van der Waals surface area contributed by atoms with Gasteiger partial charge in [0.05, 0.1) is 0 Å². The summed E-state index contributed by atoms with van der Waals surface area (Å²) in [6, 6.07) is 17.0. The highest BCUT2D eigenvalue weighted by Gasteiger charge is 2.13. The van der Waals surface area contributed by atoms with E-state index in [9.17, 15) is 4.79 Å². The fraction of sp³-hybridized carbons (Fsp3) is 0.318. The summed E-state index contributed by atoms with van der Waals surface area (Å²) in [6.45, 7) is 2.73. The highest BCUT2D eigenvalue weighted by molar-refractivity contribution is 5.78. The summed E-state index contributed by atoms with van der Waals surface area (Å²) in [6.07, 6.45) is 5.01. The Balaban J connectivity index is 1.51. The maximum atomic E-state index is 12.3. The van der Waals surface area contributed by atoms with E-state index < -0.39 is 0 Å². The molecule has 0 saturated heterocycles. The summed E-state index contributed by atoms with van der Waals surface area (Å²) < 4.78 is 0. The van der Waals surface area contributed by atoms with E-state index in [4.69, 9.17) is 0 Å². The van der Waals surface area contributed by atoms with Crippen LogP contribution in [0.15, 0.2) is 53.3 Å². The van der Waals surface area contributed by atoms with Gasteiger partial charge in [0, 0.05) is 23.7 Å². The van der Waals surface area contributed by atoms with Crippen molar-refractivity contribution in [2.45, 2.75) is 45.2 Å². The van der Waals surface area contributed by atoms with E-state index in [0.29, 0.717) is 6.54 Å². The van der Waals surface area contributed by atoms with E-state index >= 15 is 0 Å². The average Bonchev–Trinajstić information content (AvgIpc) is 2.65. The number of rotatable bonds is 4. The van der Waals surface area contributed by atoms with Gasteiger partial charge >= 0.3 is 0 Å². The van der Waals surface area contributed by atoms with Crippen LogP contribution in [0.3, 0.4) is 0 Å². The molecular formula is C22H24N2O. The minimum Gasteiger partial charge on any atom is -0.322 e. The lowest BCUT2D eigenvalue weighted by Crippen LogP contribution is -2.23. The summed E-state index contributed by atoms with van der Waals surface area (Å²) in [4.78, 5) is 15.2. The van der Waals surface area contributed by atoms with Crippen LogP contribution in [0.1, 0.15) is 48.1 Å². The van der Waals surface area contributed by atoms with Gasteiger partial charge in [-0.25, -0.2) is 0 Å². The molecule has 0 spiro atoms. The first-order valence-corrected chi connectivity index (χ1v) is 9.17. The maximum Gasteiger partial charge on any atom is 0.252 e. The second kappa shape index (κ2) is 6.85. The van der Waals surface area contributed by atoms with Crippen molar-refractivity contribution in [1.82, 2.24) is 10.3 Å². The average molecular weight is 332 g/mol. The van der Waals surface area contributed by atoms with Crippen LogP contribution in [-0.4, -0.2) is 4.98 Å². The standard InChI is InChI=1S/C22H24N2O/c1-15(17-11-10-16-6-2-3-7-18(16)12-17)23-14-20-13-19-8-4-5-9-21(19)24-22(20)25/h4-5,8-13,15,23H,2-3,6-7,14H2,1H3,(H,24,25). The lowest BCUT2D eigenvalue weighted by atomic mass is 9.89. The zero-order valence-electron chi connectivity index (χ0n) is 14.6. The highest BCUT2D eigenvalue weighted by Crippen LogP contribution is 2.25.